The molecule has 0 spiro atoms. The van der Waals surface area contributed by atoms with E-state index in [0.717, 1.165) is 35.8 Å². The summed E-state index contributed by atoms with van der Waals surface area (Å²) < 4.78 is 21.6. The van der Waals surface area contributed by atoms with Crippen LogP contribution in [0.4, 0.5) is 4.39 Å². The molecule has 1 aliphatic rings. The number of ketones is 1. The first kappa shape index (κ1) is 24.9. The smallest absolute Gasteiger partial charge is 0.303 e. The fraction of sp³-hybridized carbons (Fsp3) is 0.370. The van der Waals surface area contributed by atoms with Gasteiger partial charge in [0.2, 0.25) is 0 Å². The Balaban J connectivity index is 1.21. The van der Waals surface area contributed by atoms with Gasteiger partial charge in [0.25, 0.3) is 5.91 Å². The summed E-state index contributed by atoms with van der Waals surface area (Å²) in [6.45, 7) is 0.319. The monoisotopic (exact) mass is 497 g/mol. The number of amides is 1. The minimum absolute atomic E-state index is 0.0109. The Kier molecular flexibility index (Phi) is 8.13. The number of ether oxygens (including phenoxy) is 1. The zero-order valence-corrected chi connectivity index (χ0v) is 20.1. The fourth-order valence-corrected chi connectivity index (χ4v) is 5.25. The molecule has 0 atom stereocenters. The van der Waals surface area contributed by atoms with Gasteiger partial charge in [-0.1, -0.05) is 0 Å². The van der Waals surface area contributed by atoms with E-state index in [9.17, 15) is 18.8 Å². The summed E-state index contributed by atoms with van der Waals surface area (Å²) in [6.07, 6.45) is 3.62. The summed E-state index contributed by atoms with van der Waals surface area (Å²) in [4.78, 5) is 35.7. The van der Waals surface area contributed by atoms with E-state index in [1.54, 1.807) is 23.5 Å². The van der Waals surface area contributed by atoms with Crippen LogP contribution < -0.4 is 10.1 Å². The predicted octanol–water partition coefficient (Wildman–Crippen LogP) is 5.85. The van der Waals surface area contributed by atoms with Crippen molar-refractivity contribution in [2.24, 2.45) is 5.92 Å². The number of hydrogen-bond donors (Lipinski definition) is 2. The van der Waals surface area contributed by atoms with Crippen molar-refractivity contribution in [3.05, 3.63) is 64.8 Å². The second kappa shape index (κ2) is 11.4. The van der Waals surface area contributed by atoms with E-state index in [1.807, 2.05) is 23.6 Å². The average Bonchev–Trinajstić information content (AvgIpc) is 3.30. The lowest BCUT2D eigenvalue weighted by molar-refractivity contribution is -0.138. The maximum Gasteiger partial charge on any atom is 0.303 e. The van der Waals surface area contributed by atoms with Gasteiger partial charge in [0.05, 0.1) is 11.7 Å². The van der Waals surface area contributed by atoms with Gasteiger partial charge in [0.1, 0.15) is 11.6 Å². The van der Waals surface area contributed by atoms with E-state index in [-0.39, 0.29) is 42.1 Å². The number of fused-ring (bicyclic) bond motifs is 1. The van der Waals surface area contributed by atoms with Gasteiger partial charge in [-0.2, -0.15) is 0 Å². The van der Waals surface area contributed by atoms with E-state index in [4.69, 9.17) is 9.84 Å². The molecule has 2 aromatic carbocycles. The number of nitrogens with one attached hydrogen (secondary N) is 1. The normalized spacial score (nSPS) is 17.7. The quantitative estimate of drug-likeness (QED) is 0.271. The van der Waals surface area contributed by atoms with Crippen LogP contribution in [0.5, 0.6) is 5.75 Å². The highest BCUT2D eigenvalue weighted by Gasteiger charge is 2.24. The zero-order valence-electron chi connectivity index (χ0n) is 19.3. The summed E-state index contributed by atoms with van der Waals surface area (Å²) in [5.41, 5.74) is 0.580. The van der Waals surface area contributed by atoms with Crippen molar-refractivity contribution in [3.63, 3.8) is 0 Å². The predicted molar refractivity (Wildman–Crippen MR) is 133 cm³/mol. The number of hydrogen-bond acceptors (Lipinski definition) is 5. The molecule has 0 unspecified atom stereocenters. The van der Waals surface area contributed by atoms with E-state index in [2.05, 4.69) is 5.32 Å². The van der Waals surface area contributed by atoms with Gasteiger partial charge in [0.15, 0.2) is 5.78 Å². The first-order valence-corrected chi connectivity index (χ1v) is 12.7. The second-order valence-electron chi connectivity index (χ2n) is 8.96. The molecule has 0 radical (unpaired) electrons. The van der Waals surface area contributed by atoms with E-state index < -0.39 is 11.8 Å². The van der Waals surface area contributed by atoms with Gasteiger partial charge in [0, 0.05) is 35.7 Å². The lowest BCUT2D eigenvalue weighted by atomic mass is 9.85. The molecule has 3 aromatic rings. The number of Topliss-reactive ketones (excluding diaryl/α,β-unsaturated/α-hetero) is 1. The SMILES string of the molecule is O=C(O)CC1CCC(Oc2ccc(C(=O)CCCNC(=O)c3ccc4sccc4c3)c(F)c2)CC1. The van der Waals surface area contributed by atoms with Crippen LogP contribution >= 0.6 is 11.3 Å². The van der Waals surface area contributed by atoms with Crippen LogP contribution in [0.25, 0.3) is 10.1 Å². The average molecular weight is 498 g/mol. The molecule has 0 saturated heterocycles. The highest BCUT2D eigenvalue weighted by molar-refractivity contribution is 7.17. The van der Waals surface area contributed by atoms with Crippen molar-refractivity contribution in [3.8, 4) is 5.75 Å². The Morgan fingerprint density at radius 3 is 2.60 bits per heavy atom. The molecule has 1 aliphatic carbocycles. The van der Waals surface area contributed by atoms with Crippen LogP contribution in [0.2, 0.25) is 0 Å². The highest BCUT2D eigenvalue weighted by Crippen LogP contribution is 2.30. The lowest BCUT2D eigenvalue weighted by Crippen LogP contribution is -2.25. The van der Waals surface area contributed by atoms with Gasteiger partial charge < -0.3 is 15.2 Å². The number of carboxylic acids is 1. The van der Waals surface area contributed by atoms with Gasteiger partial charge in [-0.15, -0.1) is 11.3 Å². The number of thiophene rings is 1. The molecule has 1 fully saturated rings. The second-order valence-corrected chi connectivity index (χ2v) is 9.90. The number of aliphatic carboxylic acids is 1. The topological polar surface area (TPSA) is 92.7 Å². The maximum absolute atomic E-state index is 14.6. The summed E-state index contributed by atoms with van der Waals surface area (Å²) in [5.74, 6) is -1.39. The summed E-state index contributed by atoms with van der Waals surface area (Å²) in [7, 11) is 0. The van der Waals surface area contributed by atoms with Crippen LogP contribution in [0.15, 0.2) is 47.8 Å². The number of halogens is 1. The molecule has 35 heavy (non-hydrogen) atoms. The largest absolute Gasteiger partial charge is 0.490 e. The molecule has 1 heterocycles. The zero-order chi connectivity index (χ0) is 24.8. The lowest BCUT2D eigenvalue weighted by Gasteiger charge is -2.28. The Morgan fingerprint density at radius 1 is 1.06 bits per heavy atom. The number of benzene rings is 2. The van der Waals surface area contributed by atoms with Gasteiger partial charge >= 0.3 is 5.97 Å². The van der Waals surface area contributed by atoms with Crippen molar-refractivity contribution >= 4 is 39.1 Å². The Bertz CT molecular complexity index is 1220. The van der Waals surface area contributed by atoms with Crippen molar-refractivity contribution < 1.29 is 28.6 Å². The standard InChI is InChI=1S/C27H28FNO5S/c28-23-16-21(34-20-6-3-17(4-7-20)14-26(31)32)8-9-22(23)24(30)2-1-12-29-27(33)19-5-10-25-18(15-19)11-13-35-25/h5,8-11,13,15-17,20H,1-4,6-7,12,14H2,(H,29,33)(H,31,32). The fourth-order valence-electron chi connectivity index (χ4n) is 4.48. The van der Waals surface area contributed by atoms with Crippen molar-refractivity contribution in [1.82, 2.24) is 5.32 Å². The van der Waals surface area contributed by atoms with E-state index >= 15 is 0 Å². The molecular formula is C27H28FNO5S. The third-order valence-electron chi connectivity index (χ3n) is 6.38. The van der Waals surface area contributed by atoms with Crippen LogP contribution in [0.3, 0.4) is 0 Å². The Labute approximate surface area is 207 Å². The van der Waals surface area contributed by atoms with E-state index in [0.29, 0.717) is 24.3 Å². The number of carbonyl (C=O) groups excluding carboxylic acids is 2. The van der Waals surface area contributed by atoms with Crippen LogP contribution in [0.1, 0.15) is 65.7 Å². The molecule has 4 rings (SSSR count). The molecule has 1 aromatic heterocycles. The van der Waals surface area contributed by atoms with Crippen LogP contribution in [-0.4, -0.2) is 35.4 Å². The third-order valence-corrected chi connectivity index (χ3v) is 7.28. The molecule has 184 valence electrons. The van der Waals surface area contributed by atoms with Crippen molar-refractivity contribution in [1.29, 1.82) is 0 Å². The summed E-state index contributed by atoms with van der Waals surface area (Å²) in [6, 6.07) is 11.8. The highest BCUT2D eigenvalue weighted by atomic mass is 32.1. The number of rotatable bonds is 10. The first-order valence-electron chi connectivity index (χ1n) is 11.9. The molecule has 0 aliphatic heterocycles. The first-order chi connectivity index (χ1) is 16.9. The molecule has 1 saturated carbocycles. The summed E-state index contributed by atoms with van der Waals surface area (Å²) >= 11 is 1.62. The van der Waals surface area contributed by atoms with Gasteiger partial charge in [-0.25, -0.2) is 4.39 Å². The van der Waals surface area contributed by atoms with Crippen LogP contribution in [-0.2, 0) is 4.79 Å². The molecule has 6 nitrogen and oxygen atoms in total. The third kappa shape index (κ3) is 6.66. The van der Waals surface area contributed by atoms with Crippen molar-refractivity contribution in [2.45, 2.75) is 51.0 Å². The molecule has 1 amide bonds. The maximum atomic E-state index is 14.6. The molecule has 0 bridgehead atoms. The Morgan fingerprint density at radius 2 is 1.86 bits per heavy atom. The molecule has 8 heteroatoms. The van der Waals surface area contributed by atoms with Crippen molar-refractivity contribution in [2.75, 3.05) is 6.54 Å². The minimum Gasteiger partial charge on any atom is -0.490 e. The van der Waals surface area contributed by atoms with Crippen LogP contribution in [0, 0.1) is 11.7 Å². The van der Waals surface area contributed by atoms with Gasteiger partial charge in [-0.05, 0) is 85.2 Å². The summed E-state index contributed by atoms with van der Waals surface area (Å²) in [5, 5.41) is 14.7. The number of carboxylic acid groups (broad SMARTS) is 1. The molecular weight excluding hydrogens is 469 g/mol. The Hall–Kier alpha value is -3.26. The van der Waals surface area contributed by atoms with E-state index in [1.165, 1.54) is 12.1 Å². The number of carbonyl (C=O) groups is 3. The van der Waals surface area contributed by atoms with Gasteiger partial charge in [-0.3, -0.25) is 14.4 Å². The molecule has 2 N–H and O–H groups in total. The minimum atomic E-state index is -0.782.